The highest BCUT2D eigenvalue weighted by molar-refractivity contribution is 7.99. The Morgan fingerprint density at radius 2 is 1.93 bits per heavy atom. The Morgan fingerprint density at radius 3 is 2.63 bits per heavy atom. The van der Waals surface area contributed by atoms with Crippen LogP contribution in [-0.4, -0.2) is 39.0 Å². The number of tetrazole rings is 1. The van der Waals surface area contributed by atoms with Crippen LogP contribution < -0.4 is 10.1 Å². The van der Waals surface area contributed by atoms with Gasteiger partial charge in [-0.3, -0.25) is 4.79 Å². The summed E-state index contributed by atoms with van der Waals surface area (Å²) in [5, 5.41) is 15.3. The predicted molar refractivity (Wildman–Crippen MR) is 106 cm³/mol. The minimum absolute atomic E-state index is 0.0996. The van der Waals surface area contributed by atoms with Crippen LogP contribution in [0.1, 0.15) is 25.3 Å². The van der Waals surface area contributed by atoms with E-state index in [0.29, 0.717) is 11.1 Å². The summed E-state index contributed by atoms with van der Waals surface area (Å²) >= 11 is 1.28. The first-order valence-electron chi connectivity index (χ1n) is 8.53. The van der Waals surface area contributed by atoms with E-state index in [1.54, 1.807) is 11.8 Å². The standard InChI is InChI=1S/C19H21N5O2S/c1-13(2)16-6-4-5-7-17(16)20-18(25)12-27-19-21-22-23-24(19)14-8-10-15(26-3)11-9-14/h4-11,13H,12H2,1-3H3,(H,20,25). The zero-order valence-electron chi connectivity index (χ0n) is 15.4. The number of para-hydroxylation sites is 1. The van der Waals surface area contributed by atoms with Crippen molar-refractivity contribution >= 4 is 23.4 Å². The second kappa shape index (κ2) is 8.68. The lowest BCUT2D eigenvalue weighted by Crippen LogP contribution is -2.16. The van der Waals surface area contributed by atoms with E-state index in [-0.39, 0.29) is 11.7 Å². The van der Waals surface area contributed by atoms with Gasteiger partial charge in [0.1, 0.15) is 5.75 Å². The van der Waals surface area contributed by atoms with Crippen molar-refractivity contribution in [3.05, 3.63) is 54.1 Å². The number of rotatable bonds is 7. The van der Waals surface area contributed by atoms with Crippen molar-refractivity contribution in [3.63, 3.8) is 0 Å². The van der Waals surface area contributed by atoms with Crippen LogP contribution in [0.4, 0.5) is 5.69 Å². The van der Waals surface area contributed by atoms with Gasteiger partial charge in [-0.05, 0) is 52.2 Å². The molecule has 0 saturated heterocycles. The number of carbonyl (C=O) groups excluding carboxylic acids is 1. The molecule has 0 radical (unpaired) electrons. The lowest BCUT2D eigenvalue weighted by molar-refractivity contribution is -0.113. The van der Waals surface area contributed by atoms with Gasteiger partial charge in [-0.25, -0.2) is 0 Å². The molecule has 7 nitrogen and oxygen atoms in total. The molecule has 27 heavy (non-hydrogen) atoms. The second-order valence-electron chi connectivity index (χ2n) is 6.15. The number of hydrogen-bond acceptors (Lipinski definition) is 6. The Kier molecular flexibility index (Phi) is 6.08. The van der Waals surface area contributed by atoms with Crippen molar-refractivity contribution in [3.8, 4) is 11.4 Å². The molecule has 8 heteroatoms. The van der Waals surface area contributed by atoms with Crippen molar-refractivity contribution in [1.29, 1.82) is 0 Å². The van der Waals surface area contributed by atoms with E-state index in [9.17, 15) is 4.79 Å². The van der Waals surface area contributed by atoms with Crippen LogP contribution in [0, 0.1) is 0 Å². The quantitative estimate of drug-likeness (QED) is 0.629. The fourth-order valence-electron chi connectivity index (χ4n) is 2.59. The minimum Gasteiger partial charge on any atom is -0.497 e. The number of carbonyl (C=O) groups is 1. The van der Waals surface area contributed by atoms with Gasteiger partial charge < -0.3 is 10.1 Å². The summed E-state index contributed by atoms with van der Waals surface area (Å²) in [7, 11) is 1.61. The van der Waals surface area contributed by atoms with Gasteiger partial charge in [0.2, 0.25) is 11.1 Å². The van der Waals surface area contributed by atoms with Gasteiger partial charge in [0.25, 0.3) is 0 Å². The highest BCUT2D eigenvalue weighted by atomic mass is 32.2. The third-order valence-electron chi connectivity index (χ3n) is 3.95. The van der Waals surface area contributed by atoms with Crippen LogP contribution in [0.15, 0.2) is 53.7 Å². The van der Waals surface area contributed by atoms with E-state index in [1.165, 1.54) is 11.8 Å². The second-order valence-corrected chi connectivity index (χ2v) is 7.09. The minimum atomic E-state index is -0.0996. The van der Waals surface area contributed by atoms with Crippen LogP contribution in [-0.2, 0) is 4.79 Å². The van der Waals surface area contributed by atoms with E-state index >= 15 is 0 Å². The molecule has 0 saturated carbocycles. The van der Waals surface area contributed by atoms with E-state index in [1.807, 2.05) is 48.5 Å². The molecule has 0 aliphatic carbocycles. The SMILES string of the molecule is COc1ccc(-n2nnnc2SCC(=O)Nc2ccccc2C(C)C)cc1. The fraction of sp³-hybridized carbons (Fsp3) is 0.263. The first kappa shape index (κ1) is 18.9. The number of nitrogens with zero attached hydrogens (tertiary/aromatic N) is 4. The van der Waals surface area contributed by atoms with Crippen molar-refractivity contribution in [2.45, 2.75) is 24.9 Å². The van der Waals surface area contributed by atoms with Crippen LogP contribution in [0.25, 0.3) is 5.69 Å². The summed E-state index contributed by atoms with van der Waals surface area (Å²) in [6.45, 7) is 4.20. The van der Waals surface area contributed by atoms with Crippen LogP contribution in [0.5, 0.6) is 5.75 Å². The monoisotopic (exact) mass is 383 g/mol. The van der Waals surface area contributed by atoms with Gasteiger partial charge in [-0.1, -0.05) is 43.8 Å². The van der Waals surface area contributed by atoms with E-state index < -0.39 is 0 Å². The number of thioether (sulfide) groups is 1. The number of aromatic nitrogens is 4. The summed E-state index contributed by atoms with van der Waals surface area (Å²) in [5.41, 5.74) is 2.75. The molecule has 3 aromatic rings. The molecule has 0 atom stereocenters. The Hall–Kier alpha value is -2.87. The lowest BCUT2D eigenvalue weighted by atomic mass is 10.0. The molecule has 1 heterocycles. The first-order valence-corrected chi connectivity index (χ1v) is 9.51. The molecule has 140 valence electrons. The number of anilines is 1. The molecule has 0 bridgehead atoms. The van der Waals surface area contributed by atoms with Gasteiger partial charge in [0.15, 0.2) is 0 Å². The number of benzene rings is 2. The van der Waals surface area contributed by atoms with Crippen molar-refractivity contribution in [2.75, 3.05) is 18.2 Å². The van der Waals surface area contributed by atoms with Crippen LogP contribution in [0.2, 0.25) is 0 Å². The van der Waals surface area contributed by atoms with Crippen LogP contribution >= 0.6 is 11.8 Å². The molecule has 0 spiro atoms. The van der Waals surface area contributed by atoms with Gasteiger partial charge in [0, 0.05) is 5.69 Å². The normalized spacial score (nSPS) is 10.8. The Bertz CT molecular complexity index is 908. The van der Waals surface area contributed by atoms with Gasteiger partial charge in [-0.2, -0.15) is 4.68 Å². The first-order chi connectivity index (χ1) is 13.1. The molecule has 1 N–H and O–H groups in total. The summed E-state index contributed by atoms with van der Waals surface area (Å²) < 4.78 is 6.76. The summed E-state index contributed by atoms with van der Waals surface area (Å²) in [4.78, 5) is 12.4. The maximum Gasteiger partial charge on any atom is 0.234 e. The molecule has 1 aromatic heterocycles. The number of hydrogen-bond donors (Lipinski definition) is 1. The van der Waals surface area contributed by atoms with Gasteiger partial charge in [0.05, 0.1) is 18.6 Å². The number of methoxy groups -OCH3 is 1. The fourth-order valence-corrected chi connectivity index (χ4v) is 3.28. The molecule has 3 rings (SSSR count). The average molecular weight is 383 g/mol. The zero-order chi connectivity index (χ0) is 19.2. The highest BCUT2D eigenvalue weighted by Gasteiger charge is 2.13. The summed E-state index contributed by atoms with van der Waals surface area (Å²) in [6.07, 6.45) is 0. The average Bonchev–Trinajstić information content (AvgIpc) is 3.15. The number of nitrogens with one attached hydrogen (secondary N) is 1. The van der Waals surface area contributed by atoms with Gasteiger partial charge in [-0.15, -0.1) is 5.10 Å². The molecule has 0 unspecified atom stereocenters. The number of amides is 1. The maximum absolute atomic E-state index is 12.4. The number of ether oxygens (including phenoxy) is 1. The largest absolute Gasteiger partial charge is 0.497 e. The van der Waals surface area contributed by atoms with Crippen molar-refractivity contribution < 1.29 is 9.53 Å². The van der Waals surface area contributed by atoms with Crippen molar-refractivity contribution in [1.82, 2.24) is 20.2 Å². The van der Waals surface area contributed by atoms with E-state index in [2.05, 4.69) is 34.7 Å². The van der Waals surface area contributed by atoms with Gasteiger partial charge >= 0.3 is 0 Å². The van der Waals surface area contributed by atoms with Crippen molar-refractivity contribution in [2.24, 2.45) is 0 Å². The molecule has 0 aliphatic heterocycles. The van der Waals surface area contributed by atoms with E-state index in [0.717, 1.165) is 22.7 Å². The molecule has 2 aromatic carbocycles. The summed E-state index contributed by atoms with van der Waals surface area (Å²) in [6, 6.07) is 15.2. The zero-order valence-corrected chi connectivity index (χ0v) is 16.2. The smallest absolute Gasteiger partial charge is 0.234 e. The molecular formula is C19H21N5O2S. The lowest BCUT2D eigenvalue weighted by Gasteiger charge is -2.13. The Labute approximate surface area is 162 Å². The topological polar surface area (TPSA) is 81.9 Å². The van der Waals surface area contributed by atoms with Crippen LogP contribution in [0.3, 0.4) is 0 Å². The predicted octanol–water partition coefficient (Wildman–Crippen LogP) is 3.53. The third kappa shape index (κ3) is 4.65. The maximum atomic E-state index is 12.4. The highest BCUT2D eigenvalue weighted by Crippen LogP contribution is 2.25. The van der Waals surface area contributed by atoms with E-state index in [4.69, 9.17) is 4.74 Å². The third-order valence-corrected chi connectivity index (χ3v) is 4.87. The Morgan fingerprint density at radius 1 is 1.19 bits per heavy atom. The summed E-state index contributed by atoms with van der Waals surface area (Å²) in [5.74, 6) is 1.20. The molecule has 1 amide bonds. The molecular weight excluding hydrogens is 362 g/mol. The molecule has 0 aliphatic rings. The Balaban J connectivity index is 1.66. The molecule has 0 fully saturated rings.